The fourth-order valence-electron chi connectivity index (χ4n) is 4.95. The predicted molar refractivity (Wildman–Crippen MR) is 155 cm³/mol. The Kier molecular flexibility index (Phi) is 8.27. The third kappa shape index (κ3) is 7.42. The van der Waals surface area contributed by atoms with Crippen LogP contribution in [-0.2, 0) is 16.4 Å². The number of nitrogens with zero attached hydrogens (tertiary/aromatic N) is 1. The lowest BCUT2D eigenvalue weighted by Gasteiger charge is -2.29. The van der Waals surface area contributed by atoms with Gasteiger partial charge in [-0.3, -0.25) is 10.0 Å². The first kappa shape index (κ1) is 27.3. The maximum Gasteiger partial charge on any atom is 0.229 e. The maximum atomic E-state index is 11.4. The van der Waals surface area contributed by atoms with E-state index in [0.717, 1.165) is 65.3 Å². The first-order valence-corrected chi connectivity index (χ1v) is 15.1. The monoisotopic (exact) mass is 552 g/mol. The van der Waals surface area contributed by atoms with E-state index in [9.17, 15) is 13.5 Å². The summed E-state index contributed by atoms with van der Waals surface area (Å²) in [4.78, 5) is 5.80. The number of sulfonamides is 1. The van der Waals surface area contributed by atoms with Crippen LogP contribution in [-0.4, -0.2) is 75.3 Å². The number of hydrogen-bond acceptors (Lipinski definition) is 7. The van der Waals surface area contributed by atoms with Gasteiger partial charge in [0.15, 0.2) is 0 Å². The second-order valence-electron chi connectivity index (χ2n) is 10.3. The first-order valence-electron chi connectivity index (χ1n) is 13.2. The number of likely N-dealkylation sites (tertiary alicyclic amines) is 1. The van der Waals surface area contributed by atoms with Gasteiger partial charge >= 0.3 is 0 Å². The van der Waals surface area contributed by atoms with E-state index in [1.807, 2.05) is 30.3 Å². The van der Waals surface area contributed by atoms with Crippen LogP contribution in [0.15, 0.2) is 60.7 Å². The normalized spacial score (nSPS) is 16.0. The highest BCUT2D eigenvalue weighted by atomic mass is 32.2. The van der Waals surface area contributed by atoms with Gasteiger partial charge in [-0.05, 0) is 68.3 Å². The molecule has 2 heterocycles. The topological polar surface area (TPSA) is 116 Å². The van der Waals surface area contributed by atoms with E-state index in [1.54, 1.807) is 18.2 Å². The van der Waals surface area contributed by atoms with Crippen molar-refractivity contribution in [1.29, 1.82) is 0 Å². The molecule has 0 unspecified atom stereocenters. The van der Waals surface area contributed by atoms with Crippen LogP contribution in [0.2, 0.25) is 0 Å². The molecule has 1 fully saturated rings. The summed E-state index contributed by atoms with van der Waals surface area (Å²) in [6.45, 7) is 2.72. The summed E-state index contributed by atoms with van der Waals surface area (Å²) in [7, 11) is -1.18. The molecular weight excluding hydrogens is 516 g/mol. The first-order chi connectivity index (χ1) is 18.7. The number of rotatable bonds is 11. The number of anilines is 1. The van der Waals surface area contributed by atoms with Crippen molar-refractivity contribution in [1.82, 2.24) is 15.2 Å². The third-order valence-corrected chi connectivity index (χ3v) is 7.55. The fraction of sp³-hybridized carbons (Fsp3) is 0.379. The quantitative estimate of drug-likeness (QED) is 0.210. The summed E-state index contributed by atoms with van der Waals surface area (Å²) >= 11 is 0. The predicted octanol–water partition coefficient (Wildman–Crippen LogP) is 3.70. The molecule has 10 heteroatoms. The van der Waals surface area contributed by atoms with Crippen LogP contribution >= 0.6 is 0 Å². The number of nitrogens with one attached hydrogen (secondary N) is 3. The number of aromatic nitrogens is 1. The minimum absolute atomic E-state index is 0.0932. The Bertz CT molecular complexity index is 1530. The number of aliphatic hydroxyl groups excluding tert-OH is 1. The minimum Gasteiger partial charge on any atom is -0.490 e. The van der Waals surface area contributed by atoms with Crippen molar-refractivity contribution >= 4 is 37.5 Å². The average Bonchev–Trinajstić information content (AvgIpc) is 3.25. The second kappa shape index (κ2) is 11.8. The highest BCUT2D eigenvalue weighted by Crippen LogP contribution is 2.31. The second-order valence-corrected chi connectivity index (χ2v) is 12.0. The van der Waals surface area contributed by atoms with E-state index in [2.05, 4.69) is 39.1 Å². The molecule has 4 aromatic rings. The summed E-state index contributed by atoms with van der Waals surface area (Å²) in [5.41, 5.74) is 3.45. The van der Waals surface area contributed by atoms with Gasteiger partial charge in [0, 0.05) is 48.2 Å². The number of H-pyrrole nitrogens is 1. The van der Waals surface area contributed by atoms with Crippen molar-refractivity contribution in [2.24, 2.45) is 0 Å². The van der Waals surface area contributed by atoms with E-state index in [-0.39, 0.29) is 12.7 Å². The van der Waals surface area contributed by atoms with E-state index in [0.29, 0.717) is 24.4 Å². The summed E-state index contributed by atoms with van der Waals surface area (Å²) < 4.78 is 37.4. The van der Waals surface area contributed by atoms with Gasteiger partial charge in [-0.25, -0.2) is 8.42 Å². The van der Waals surface area contributed by atoms with Crippen LogP contribution in [0.5, 0.6) is 11.5 Å². The number of benzene rings is 3. The van der Waals surface area contributed by atoms with E-state index >= 15 is 0 Å². The zero-order valence-electron chi connectivity index (χ0n) is 22.3. The molecule has 39 heavy (non-hydrogen) atoms. The molecule has 1 aromatic heterocycles. The van der Waals surface area contributed by atoms with Gasteiger partial charge in [-0.1, -0.05) is 12.1 Å². The lowest BCUT2D eigenvalue weighted by atomic mass is 10.1. The summed E-state index contributed by atoms with van der Waals surface area (Å²) in [5, 5.41) is 15.6. The molecule has 4 N–H and O–H groups in total. The Balaban J connectivity index is 1.14. The van der Waals surface area contributed by atoms with Gasteiger partial charge in [0.25, 0.3) is 0 Å². The largest absolute Gasteiger partial charge is 0.490 e. The molecule has 0 saturated carbocycles. The zero-order chi connectivity index (χ0) is 27.4. The van der Waals surface area contributed by atoms with Crippen LogP contribution < -0.4 is 19.5 Å². The van der Waals surface area contributed by atoms with Crippen LogP contribution in [0, 0.1) is 0 Å². The molecule has 1 saturated heterocycles. The average molecular weight is 553 g/mol. The van der Waals surface area contributed by atoms with Gasteiger partial charge in [0.2, 0.25) is 10.0 Å². The third-order valence-electron chi connectivity index (χ3n) is 6.94. The van der Waals surface area contributed by atoms with Crippen LogP contribution in [0.3, 0.4) is 0 Å². The number of hydrogen-bond donors (Lipinski definition) is 4. The molecule has 1 atom stereocenters. The Hall–Kier alpha value is -3.31. The van der Waals surface area contributed by atoms with Crippen LogP contribution in [0.25, 0.3) is 21.8 Å². The number of aliphatic hydroxyl groups is 1. The smallest absolute Gasteiger partial charge is 0.229 e. The van der Waals surface area contributed by atoms with Crippen LogP contribution in [0.4, 0.5) is 5.69 Å². The molecule has 0 spiro atoms. The van der Waals surface area contributed by atoms with E-state index in [4.69, 9.17) is 9.47 Å². The zero-order valence-corrected chi connectivity index (χ0v) is 23.1. The lowest BCUT2D eigenvalue weighted by molar-refractivity contribution is 0.0796. The van der Waals surface area contributed by atoms with Crippen molar-refractivity contribution in [2.75, 3.05) is 44.3 Å². The molecule has 1 aliphatic heterocycles. The van der Waals surface area contributed by atoms with Gasteiger partial charge in [0.1, 0.15) is 30.4 Å². The molecule has 0 aliphatic carbocycles. The van der Waals surface area contributed by atoms with Crippen molar-refractivity contribution in [3.05, 3.63) is 66.2 Å². The standard InChI is InChI=1S/C29H36N4O5S/c1-33-14-11-22(12-15-33)38-24-7-9-26-25-8-6-23(17-27(25)31-28(26)18-24)37-19-29(34)30-13-10-20-4-3-5-21(16-20)32-39(2,35)36/h3-9,16-18,22,29-32,34H,10-15,19H2,1-2H3/t29-/m1/s1. The SMILES string of the molecule is CN1CCC(Oc2ccc3c(c2)[nH]c2cc(OC[C@@H](O)NCCc4cccc(NS(C)(=O)=O)c4)ccc23)CC1. The van der Waals surface area contributed by atoms with E-state index < -0.39 is 16.3 Å². The maximum absolute atomic E-state index is 11.4. The Morgan fingerprint density at radius 3 is 2.44 bits per heavy atom. The molecule has 0 amide bonds. The van der Waals surface area contributed by atoms with Gasteiger partial charge in [-0.15, -0.1) is 0 Å². The lowest BCUT2D eigenvalue weighted by Crippen LogP contribution is -2.35. The molecule has 3 aromatic carbocycles. The fourth-order valence-corrected chi connectivity index (χ4v) is 5.50. The highest BCUT2D eigenvalue weighted by molar-refractivity contribution is 7.92. The van der Waals surface area contributed by atoms with E-state index in [1.165, 1.54) is 0 Å². The summed E-state index contributed by atoms with van der Waals surface area (Å²) in [6.07, 6.45) is 3.24. The molecule has 9 nitrogen and oxygen atoms in total. The molecule has 0 bridgehead atoms. The summed E-state index contributed by atoms with van der Waals surface area (Å²) in [5.74, 6) is 1.55. The molecule has 1 aliphatic rings. The van der Waals surface area contributed by atoms with Gasteiger partial charge < -0.3 is 24.5 Å². The Morgan fingerprint density at radius 2 is 1.72 bits per heavy atom. The minimum atomic E-state index is -3.32. The van der Waals surface area contributed by atoms with Crippen molar-refractivity contribution in [3.8, 4) is 11.5 Å². The van der Waals surface area contributed by atoms with Crippen molar-refractivity contribution in [3.63, 3.8) is 0 Å². The molecule has 5 rings (SSSR count). The number of aromatic amines is 1. The summed E-state index contributed by atoms with van der Waals surface area (Å²) in [6, 6.07) is 19.3. The molecule has 208 valence electrons. The Morgan fingerprint density at radius 1 is 1.03 bits per heavy atom. The highest BCUT2D eigenvalue weighted by Gasteiger charge is 2.18. The molecule has 0 radical (unpaired) electrons. The van der Waals surface area contributed by atoms with Gasteiger partial charge in [0.05, 0.1) is 17.3 Å². The Labute approximate surface area is 229 Å². The number of fused-ring (bicyclic) bond motifs is 3. The van der Waals surface area contributed by atoms with Crippen molar-refractivity contribution < 1.29 is 23.0 Å². The van der Waals surface area contributed by atoms with Crippen LogP contribution in [0.1, 0.15) is 18.4 Å². The number of ether oxygens (including phenoxy) is 2. The van der Waals surface area contributed by atoms with Crippen molar-refractivity contribution in [2.45, 2.75) is 31.6 Å². The molecular formula is C29H36N4O5S. The number of piperidine rings is 1. The van der Waals surface area contributed by atoms with Gasteiger partial charge in [-0.2, -0.15) is 0 Å².